The molecule has 1 atom stereocenters. The SMILES string of the molecule is Cc1cccn2c(CNC(=O)N3CC[C@@H](N4CCCCC4)C3)cnc12. The second-order valence-electron chi connectivity index (χ2n) is 7.28. The highest BCUT2D eigenvalue weighted by Crippen LogP contribution is 2.20. The Kier molecular flexibility index (Phi) is 4.61. The van der Waals surface area contributed by atoms with Gasteiger partial charge in [0, 0.05) is 25.3 Å². The smallest absolute Gasteiger partial charge is 0.317 e. The minimum Gasteiger partial charge on any atom is -0.332 e. The van der Waals surface area contributed by atoms with Crippen LogP contribution in [0.2, 0.25) is 0 Å². The van der Waals surface area contributed by atoms with Gasteiger partial charge in [-0.15, -0.1) is 0 Å². The monoisotopic (exact) mass is 341 g/mol. The Morgan fingerprint density at radius 3 is 2.96 bits per heavy atom. The molecule has 0 bridgehead atoms. The van der Waals surface area contributed by atoms with Crippen LogP contribution >= 0.6 is 0 Å². The lowest BCUT2D eigenvalue weighted by Crippen LogP contribution is -2.43. The highest BCUT2D eigenvalue weighted by Gasteiger charge is 2.30. The van der Waals surface area contributed by atoms with E-state index in [1.165, 1.54) is 32.4 Å². The average molecular weight is 341 g/mol. The van der Waals surface area contributed by atoms with Crippen LogP contribution in [0.4, 0.5) is 4.79 Å². The number of carbonyl (C=O) groups excluding carboxylic acids is 1. The molecular weight excluding hydrogens is 314 g/mol. The fraction of sp³-hybridized carbons (Fsp3) is 0.579. The second-order valence-corrected chi connectivity index (χ2v) is 7.28. The van der Waals surface area contributed by atoms with Crippen molar-refractivity contribution < 1.29 is 4.79 Å². The van der Waals surface area contributed by atoms with Crippen LogP contribution in [0.3, 0.4) is 0 Å². The normalized spacial score (nSPS) is 21.8. The molecule has 6 nitrogen and oxygen atoms in total. The standard InChI is InChI=1S/C19H27N5O/c1-15-6-5-10-24-17(12-20-18(15)24)13-21-19(25)23-11-7-16(14-23)22-8-3-2-4-9-22/h5-6,10,12,16H,2-4,7-9,11,13-14H2,1H3,(H,21,25)/t16-/m1/s1. The molecule has 2 saturated heterocycles. The Hall–Kier alpha value is -2.08. The third-order valence-corrected chi connectivity index (χ3v) is 5.59. The van der Waals surface area contributed by atoms with E-state index >= 15 is 0 Å². The van der Waals surface area contributed by atoms with Gasteiger partial charge in [0.15, 0.2) is 0 Å². The first-order chi connectivity index (χ1) is 12.2. The van der Waals surface area contributed by atoms with Gasteiger partial charge in [0.05, 0.1) is 18.4 Å². The number of hydrogen-bond donors (Lipinski definition) is 1. The predicted molar refractivity (Wildman–Crippen MR) is 97.6 cm³/mol. The number of amides is 2. The molecule has 2 amide bonds. The Morgan fingerprint density at radius 2 is 2.12 bits per heavy atom. The van der Waals surface area contributed by atoms with Crippen LogP contribution in [0.1, 0.15) is 36.9 Å². The van der Waals surface area contributed by atoms with Crippen molar-refractivity contribution in [2.45, 2.75) is 45.2 Å². The van der Waals surface area contributed by atoms with Crippen molar-refractivity contribution in [1.82, 2.24) is 24.5 Å². The van der Waals surface area contributed by atoms with Crippen molar-refractivity contribution in [1.29, 1.82) is 0 Å². The minimum atomic E-state index is 0.0436. The van der Waals surface area contributed by atoms with Crippen LogP contribution in [0.5, 0.6) is 0 Å². The molecule has 2 aromatic rings. The molecule has 0 aliphatic carbocycles. The van der Waals surface area contributed by atoms with Crippen molar-refractivity contribution in [3.63, 3.8) is 0 Å². The lowest BCUT2D eigenvalue weighted by Gasteiger charge is -2.32. The number of imidazole rings is 1. The van der Waals surface area contributed by atoms with Gasteiger partial charge >= 0.3 is 6.03 Å². The second kappa shape index (κ2) is 7.04. The van der Waals surface area contributed by atoms with Gasteiger partial charge in [-0.2, -0.15) is 0 Å². The van der Waals surface area contributed by atoms with Crippen LogP contribution in [0, 0.1) is 6.92 Å². The molecule has 4 heterocycles. The molecule has 0 saturated carbocycles. The third kappa shape index (κ3) is 3.35. The lowest BCUT2D eigenvalue weighted by atomic mass is 10.1. The fourth-order valence-corrected chi connectivity index (χ4v) is 4.12. The van der Waals surface area contributed by atoms with E-state index in [2.05, 4.69) is 32.6 Å². The number of nitrogens with one attached hydrogen (secondary N) is 1. The molecule has 0 spiro atoms. The molecule has 2 aromatic heterocycles. The number of pyridine rings is 1. The van der Waals surface area contributed by atoms with Crippen molar-refractivity contribution >= 4 is 11.7 Å². The molecule has 4 rings (SSSR count). The molecule has 0 unspecified atom stereocenters. The van der Waals surface area contributed by atoms with E-state index in [0.717, 1.165) is 36.4 Å². The molecule has 2 aliphatic rings. The summed E-state index contributed by atoms with van der Waals surface area (Å²) in [4.78, 5) is 21.5. The van der Waals surface area contributed by atoms with Crippen LogP contribution in [0.15, 0.2) is 24.5 Å². The third-order valence-electron chi connectivity index (χ3n) is 5.59. The lowest BCUT2D eigenvalue weighted by molar-refractivity contribution is 0.161. The first-order valence-corrected chi connectivity index (χ1v) is 9.41. The van der Waals surface area contributed by atoms with E-state index in [4.69, 9.17) is 0 Å². The Bertz CT molecular complexity index is 749. The summed E-state index contributed by atoms with van der Waals surface area (Å²) < 4.78 is 2.05. The average Bonchev–Trinajstić information content (AvgIpc) is 3.29. The number of nitrogens with zero attached hydrogens (tertiary/aromatic N) is 4. The van der Waals surface area contributed by atoms with Gasteiger partial charge in [-0.25, -0.2) is 9.78 Å². The maximum Gasteiger partial charge on any atom is 0.317 e. The van der Waals surface area contributed by atoms with Crippen LogP contribution in [-0.4, -0.2) is 57.4 Å². The molecule has 6 heteroatoms. The molecular formula is C19H27N5O. The van der Waals surface area contributed by atoms with Crippen LogP contribution in [-0.2, 0) is 6.54 Å². The molecule has 134 valence electrons. The van der Waals surface area contributed by atoms with Crippen LogP contribution in [0.25, 0.3) is 5.65 Å². The van der Waals surface area contributed by atoms with Crippen molar-refractivity contribution in [3.05, 3.63) is 35.8 Å². The van der Waals surface area contributed by atoms with E-state index in [1.807, 2.05) is 23.4 Å². The highest BCUT2D eigenvalue weighted by atomic mass is 16.2. The summed E-state index contributed by atoms with van der Waals surface area (Å²) in [5, 5.41) is 3.07. The molecule has 0 aromatic carbocycles. The number of aromatic nitrogens is 2. The van der Waals surface area contributed by atoms with Gasteiger partial charge in [0.1, 0.15) is 5.65 Å². The number of piperidine rings is 1. The number of fused-ring (bicyclic) bond motifs is 1. The first-order valence-electron chi connectivity index (χ1n) is 9.41. The topological polar surface area (TPSA) is 52.9 Å². The number of urea groups is 1. The summed E-state index contributed by atoms with van der Waals surface area (Å²) in [5.74, 6) is 0. The predicted octanol–water partition coefficient (Wildman–Crippen LogP) is 2.41. The molecule has 25 heavy (non-hydrogen) atoms. The Balaban J connectivity index is 1.34. The quantitative estimate of drug-likeness (QED) is 0.933. The minimum absolute atomic E-state index is 0.0436. The van der Waals surface area contributed by atoms with Gasteiger partial charge in [0.25, 0.3) is 0 Å². The number of likely N-dealkylation sites (tertiary alicyclic amines) is 2. The maximum absolute atomic E-state index is 12.5. The zero-order valence-corrected chi connectivity index (χ0v) is 14.9. The van der Waals surface area contributed by atoms with Gasteiger partial charge in [0.2, 0.25) is 0 Å². The summed E-state index contributed by atoms with van der Waals surface area (Å²) in [6.45, 7) is 6.67. The van der Waals surface area contributed by atoms with E-state index < -0.39 is 0 Å². The van der Waals surface area contributed by atoms with Crippen LogP contribution < -0.4 is 5.32 Å². The molecule has 1 N–H and O–H groups in total. The van der Waals surface area contributed by atoms with Crippen molar-refractivity contribution in [2.75, 3.05) is 26.2 Å². The summed E-state index contributed by atoms with van der Waals surface area (Å²) >= 11 is 0. The Labute approximate surface area is 148 Å². The number of hydrogen-bond acceptors (Lipinski definition) is 3. The van der Waals surface area contributed by atoms with Gasteiger partial charge < -0.3 is 14.6 Å². The summed E-state index contributed by atoms with van der Waals surface area (Å²) in [7, 11) is 0. The van der Waals surface area contributed by atoms with E-state index in [9.17, 15) is 4.79 Å². The highest BCUT2D eigenvalue weighted by molar-refractivity contribution is 5.74. The van der Waals surface area contributed by atoms with Gasteiger partial charge in [-0.05, 0) is 50.9 Å². The Morgan fingerprint density at radius 1 is 1.28 bits per heavy atom. The van der Waals surface area contributed by atoms with E-state index in [-0.39, 0.29) is 6.03 Å². The summed E-state index contributed by atoms with van der Waals surface area (Å²) in [5.41, 5.74) is 3.11. The van der Waals surface area contributed by atoms with E-state index in [1.54, 1.807) is 0 Å². The van der Waals surface area contributed by atoms with Gasteiger partial charge in [-0.3, -0.25) is 4.90 Å². The molecule has 2 fully saturated rings. The number of rotatable bonds is 3. The summed E-state index contributed by atoms with van der Waals surface area (Å²) in [6.07, 6.45) is 8.91. The van der Waals surface area contributed by atoms with Crippen molar-refractivity contribution in [2.24, 2.45) is 0 Å². The molecule has 2 aliphatic heterocycles. The fourth-order valence-electron chi connectivity index (χ4n) is 4.12. The van der Waals surface area contributed by atoms with E-state index in [0.29, 0.717) is 12.6 Å². The zero-order valence-electron chi connectivity index (χ0n) is 14.9. The maximum atomic E-state index is 12.5. The largest absolute Gasteiger partial charge is 0.332 e. The van der Waals surface area contributed by atoms with Gasteiger partial charge in [-0.1, -0.05) is 12.5 Å². The number of aryl methyl sites for hydroxylation is 1. The van der Waals surface area contributed by atoms with Crippen molar-refractivity contribution in [3.8, 4) is 0 Å². The zero-order chi connectivity index (χ0) is 17.2. The first kappa shape index (κ1) is 16.4. The summed E-state index contributed by atoms with van der Waals surface area (Å²) in [6, 6.07) is 4.65. The molecule has 0 radical (unpaired) electrons. The number of carbonyl (C=O) groups is 1.